The summed E-state index contributed by atoms with van der Waals surface area (Å²) in [7, 11) is 0. The average molecular weight is 331 g/mol. The van der Waals surface area contributed by atoms with E-state index < -0.39 is 5.82 Å². The Morgan fingerprint density at radius 2 is 2.00 bits per heavy atom. The number of phenols is 1. The number of anilines is 1. The smallest absolute Gasteiger partial charge is 0.141 e. The second-order valence-electron chi connectivity index (χ2n) is 3.76. The zero-order valence-corrected chi connectivity index (χ0v) is 11.6. The molecule has 18 heavy (non-hydrogen) atoms. The SMILES string of the molecule is Oc1ccc(Br)cc1CNc1ccc(F)c(Cl)c1. The van der Waals surface area contributed by atoms with Gasteiger partial charge in [0.15, 0.2) is 0 Å². The summed E-state index contributed by atoms with van der Waals surface area (Å²) in [4.78, 5) is 0. The van der Waals surface area contributed by atoms with Crippen LogP contribution in [0.5, 0.6) is 5.75 Å². The summed E-state index contributed by atoms with van der Waals surface area (Å²) < 4.78 is 13.9. The van der Waals surface area contributed by atoms with Gasteiger partial charge < -0.3 is 10.4 Å². The quantitative estimate of drug-likeness (QED) is 0.864. The number of hydrogen-bond acceptors (Lipinski definition) is 2. The summed E-state index contributed by atoms with van der Waals surface area (Å²) in [5.74, 6) is -0.244. The fourth-order valence-corrected chi connectivity index (χ4v) is 2.09. The number of halogens is 3. The van der Waals surface area contributed by atoms with Crippen molar-refractivity contribution in [2.75, 3.05) is 5.32 Å². The lowest BCUT2D eigenvalue weighted by Crippen LogP contribution is -2.00. The molecule has 2 aromatic rings. The van der Waals surface area contributed by atoms with Gasteiger partial charge in [0.1, 0.15) is 11.6 Å². The van der Waals surface area contributed by atoms with Crippen LogP contribution in [-0.2, 0) is 6.54 Å². The molecule has 0 aliphatic carbocycles. The monoisotopic (exact) mass is 329 g/mol. The van der Waals surface area contributed by atoms with Gasteiger partial charge in [-0.05, 0) is 36.4 Å². The molecule has 5 heteroatoms. The first kappa shape index (κ1) is 13.2. The van der Waals surface area contributed by atoms with Crippen molar-refractivity contribution in [2.45, 2.75) is 6.54 Å². The highest BCUT2D eigenvalue weighted by Crippen LogP contribution is 2.24. The molecule has 0 atom stereocenters. The Balaban J connectivity index is 2.11. The summed E-state index contributed by atoms with van der Waals surface area (Å²) in [5.41, 5.74) is 1.44. The predicted octanol–water partition coefficient (Wildman–Crippen LogP) is 4.56. The highest BCUT2D eigenvalue weighted by molar-refractivity contribution is 9.10. The van der Waals surface area contributed by atoms with Crippen LogP contribution in [0, 0.1) is 5.82 Å². The highest BCUT2D eigenvalue weighted by Gasteiger charge is 2.04. The van der Waals surface area contributed by atoms with E-state index in [2.05, 4.69) is 21.2 Å². The lowest BCUT2D eigenvalue weighted by atomic mass is 10.2. The van der Waals surface area contributed by atoms with Crippen molar-refractivity contribution in [3.05, 3.63) is 57.3 Å². The summed E-state index contributed by atoms with van der Waals surface area (Å²) in [6.07, 6.45) is 0. The Kier molecular flexibility index (Phi) is 4.09. The minimum Gasteiger partial charge on any atom is -0.508 e. The number of phenolic OH excluding ortho intramolecular Hbond substituents is 1. The fraction of sp³-hybridized carbons (Fsp3) is 0.0769. The molecular formula is C13H10BrClFNO. The minimum absolute atomic E-state index is 0.0680. The van der Waals surface area contributed by atoms with E-state index in [0.29, 0.717) is 12.2 Å². The fourth-order valence-electron chi connectivity index (χ4n) is 1.50. The van der Waals surface area contributed by atoms with Gasteiger partial charge in [0.25, 0.3) is 0 Å². The first-order chi connectivity index (χ1) is 8.56. The minimum atomic E-state index is -0.451. The molecule has 2 nitrogen and oxygen atoms in total. The highest BCUT2D eigenvalue weighted by atomic mass is 79.9. The van der Waals surface area contributed by atoms with Crippen LogP contribution >= 0.6 is 27.5 Å². The zero-order valence-electron chi connectivity index (χ0n) is 9.25. The lowest BCUT2D eigenvalue weighted by Gasteiger charge is -2.09. The third-order valence-corrected chi connectivity index (χ3v) is 3.23. The molecule has 0 radical (unpaired) electrons. The normalized spacial score (nSPS) is 10.4. The van der Waals surface area contributed by atoms with Crippen LogP contribution in [0.1, 0.15) is 5.56 Å². The molecule has 0 aromatic heterocycles. The Bertz CT molecular complexity index is 577. The van der Waals surface area contributed by atoms with Gasteiger partial charge in [-0.25, -0.2) is 4.39 Å². The molecule has 0 spiro atoms. The maximum atomic E-state index is 13.0. The number of benzene rings is 2. The summed E-state index contributed by atoms with van der Waals surface area (Å²) >= 11 is 9.01. The van der Waals surface area contributed by atoms with E-state index in [0.717, 1.165) is 10.0 Å². The van der Waals surface area contributed by atoms with Crippen LogP contribution in [0.2, 0.25) is 5.02 Å². The number of nitrogens with one attached hydrogen (secondary N) is 1. The number of rotatable bonds is 3. The van der Waals surface area contributed by atoms with Crippen LogP contribution in [0.3, 0.4) is 0 Å². The van der Waals surface area contributed by atoms with Gasteiger partial charge in [0.2, 0.25) is 0 Å². The standard InChI is InChI=1S/C13H10BrClFNO/c14-9-1-4-13(18)8(5-9)7-17-10-2-3-12(16)11(15)6-10/h1-6,17-18H,7H2. The van der Waals surface area contributed by atoms with Crippen molar-refractivity contribution in [1.29, 1.82) is 0 Å². The van der Waals surface area contributed by atoms with Crippen LogP contribution in [0.15, 0.2) is 40.9 Å². The van der Waals surface area contributed by atoms with Gasteiger partial charge in [-0.15, -0.1) is 0 Å². The van der Waals surface area contributed by atoms with Crippen molar-refractivity contribution in [1.82, 2.24) is 0 Å². The van der Waals surface area contributed by atoms with E-state index in [1.807, 2.05) is 6.07 Å². The van der Waals surface area contributed by atoms with Gasteiger partial charge in [-0.2, -0.15) is 0 Å². The maximum Gasteiger partial charge on any atom is 0.141 e. The van der Waals surface area contributed by atoms with E-state index in [9.17, 15) is 9.50 Å². The maximum absolute atomic E-state index is 13.0. The van der Waals surface area contributed by atoms with Gasteiger partial charge in [0.05, 0.1) is 5.02 Å². The van der Waals surface area contributed by atoms with Crippen LogP contribution in [-0.4, -0.2) is 5.11 Å². The lowest BCUT2D eigenvalue weighted by molar-refractivity contribution is 0.469. The van der Waals surface area contributed by atoms with E-state index >= 15 is 0 Å². The Morgan fingerprint density at radius 1 is 1.22 bits per heavy atom. The molecule has 0 aliphatic heterocycles. The molecule has 0 saturated carbocycles. The molecule has 2 rings (SSSR count). The summed E-state index contributed by atoms with van der Waals surface area (Å²) in [5, 5.41) is 12.8. The second kappa shape index (κ2) is 5.59. The van der Waals surface area contributed by atoms with E-state index in [1.54, 1.807) is 18.2 Å². The van der Waals surface area contributed by atoms with E-state index in [1.165, 1.54) is 12.1 Å². The summed E-state index contributed by atoms with van der Waals surface area (Å²) in [6, 6.07) is 9.58. The van der Waals surface area contributed by atoms with E-state index in [4.69, 9.17) is 11.6 Å². The second-order valence-corrected chi connectivity index (χ2v) is 5.08. The van der Waals surface area contributed by atoms with Crippen molar-refractivity contribution in [3.8, 4) is 5.75 Å². The van der Waals surface area contributed by atoms with Gasteiger partial charge in [-0.1, -0.05) is 27.5 Å². The first-order valence-electron chi connectivity index (χ1n) is 5.22. The van der Waals surface area contributed by atoms with Crippen LogP contribution in [0.4, 0.5) is 10.1 Å². The Hall–Kier alpha value is -1.26. The summed E-state index contributed by atoms with van der Waals surface area (Å²) in [6.45, 7) is 0.424. The van der Waals surface area contributed by atoms with Crippen molar-refractivity contribution < 1.29 is 9.50 Å². The Labute approximate surface area is 118 Å². The van der Waals surface area contributed by atoms with Gasteiger partial charge in [-0.3, -0.25) is 0 Å². The average Bonchev–Trinajstić information content (AvgIpc) is 2.34. The molecule has 0 unspecified atom stereocenters. The van der Waals surface area contributed by atoms with Gasteiger partial charge in [0, 0.05) is 22.3 Å². The number of aromatic hydroxyl groups is 1. The van der Waals surface area contributed by atoms with Crippen LogP contribution < -0.4 is 5.32 Å². The molecule has 94 valence electrons. The van der Waals surface area contributed by atoms with Crippen molar-refractivity contribution in [2.24, 2.45) is 0 Å². The molecular weight excluding hydrogens is 321 g/mol. The first-order valence-corrected chi connectivity index (χ1v) is 6.39. The molecule has 2 aromatic carbocycles. The predicted molar refractivity (Wildman–Crippen MR) is 74.5 cm³/mol. The van der Waals surface area contributed by atoms with Gasteiger partial charge >= 0.3 is 0 Å². The molecule has 2 N–H and O–H groups in total. The molecule has 0 bridgehead atoms. The third kappa shape index (κ3) is 3.15. The Morgan fingerprint density at radius 3 is 2.72 bits per heavy atom. The largest absolute Gasteiger partial charge is 0.508 e. The number of hydrogen-bond donors (Lipinski definition) is 2. The topological polar surface area (TPSA) is 32.3 Å². The molecule has 0 heterocycles. The molecule has 0 aliphatic rings. The van der Waals surface area contributed by atoms with E-state index in [-0.39, 0.29) is 10.8 Å². The molecule has 0 fully saturated rings. The van der Waals surface area contributed by atoms with Crippen molar-refractivity contribution in [3.63, 3.8) is 0 Å². The molecule has 0 saturated heterocycles. The molecule has 0 amide bonds. The van der Waals surface area contributed by atoms with Crippen molar-refractivity contribution >= 4 is 33.2 Å². The third-order valence-electron chi connectivity index (χ3n) is 2.44. The zero-order chi connectivity index (χ0) is 13.1. The van der Waals surface area contributed by atoms with Crippen LogP contribution in [0.25, 0.3) is 0 Å².